The van der Waals surface area contributed by atoms with Crippen molar-refractivity contribution in [3.05, 3.63) is 27.8 Å². The van der Waals surface area contributed by atoms with Crippen LogP contribution in [-0.4, -0.2) is 5.11 Å². The van der Waals surface area contributed by atoms with Gasteiger partial charge >= 0.3 is 5.63 Å². The van der Waals surface area contributed by atoms with Crippen molar-refractivity contribution in [2.75, 3.05) is 0 Å². The second-order valence-electron chi connectivity index (χ2n) is 5.94. The van der Waals surface area contributed by atoms with Crippen LogP contribution < -0.4 is 5.63 Å². The highest BCUT2D eigenvalue weighted by Crippen LogP contribution is 2.29. The molecule has 1 aromatic rings. The van der Waals surface area contributed by atoms with Crippen LogP contribution in [0.3, 0.4) is 0 Å². The molecule has 3 heteroatoms. The summed E-state index contributed by atoms with van der Waals surface area (Å²) in [4.78, 5) is 11.5. The Balaban J connectivity index is 2.73. The second-order valence-corrected chi connectivity index (χ2v) is 5.94. The Bertz CT molecular complexity index is 462. The Hall–Kier alpha value is -1.25. The van der Waals surface area contributed by atoms with Crippen LogP contribution in [0.5, 0.6) is 5.75 Å². The van der Waals surface area contributed by atoms with Crippen molar-refractivity contribution >= 4 is 0 Å². The number of aromatic hydroxyl groups is 1. The van der Waals surface area contributed by atoms with E-state index in [9.17, 15) is 9.90 Å². The summed E-state index contributed by atoms with van der Waals surface area (Å²) in [5, 5.41) is 9.69. The zero-order chi connectivity index (χ0) is 14.6. The summed E-state index contributed by atoms with van der Waals surface area (Å²) in [5.41, 5.74) is -0.153. The smallest absolute Gasteiger partial charge is 0.342 e. The molecule has 3 nitrogen and oxygen atoms in total. The molecule has 0 saturated carbocycles. The van der Waals surface area contributed by atoms with Crippen LogP contribution in [0.2, 0.25) is 0 Å². The molecule has 0 fully saturated rings. The van der Waals surface area contributed by atoms with Gasteiger partial charge in [0.25, 0.3) is 0 Å². The van der Waals surface area contributed by atoms with E-state index in [0.717, 1.165) is 12.3 Å². The first-order valence-corrected chi connectivity index (χ1v) is 7.18. The highest BCUT2D eigenvalue weighted by molar-refractivity contribution is 5.29. The van der Waals surface area contributed by atoms with Gasteiger partial charge in [0.2, 0.25) is 0 Å². The van der Waals surface area contributed by atoms with Crippen molar-refractivity contribution in [3.63, 3.8) is 0 Å². The van der Waals surface area contributed by atoms with Gasteiger partial charge in [-0.1, -0.05) is 34.1 Å². The third kappa shape index (κ3) is 4.41. The molecule has 0 aromatic carbocycles. The molecule has 1 heterocycles. The average molecular weight is 266 g/mol. The summed E-state index contributed by atoms with van der Waals surface area (Å²) in [6, 6.07) is 1.58. The first-order valence-electron chi connectivity index (χ1n) is 7.18. The van der Waals surface area contributed by atoms with Crippen LogP contribution in [0.4, 0.5) is 0 Å². The maximum atomic E-state index is 11.5. The van der Waals surface area contributed by atoms with E-state index in [1.54, 1.807) is 13.0 Å². The highest BCUT2D eigenvalue weighted by atomic mass is 16.4. The Morgan fingerprint density at radius 1 is 1.21 bits per heavy atom. The highest BCUT2D eigenvalue weighted by Gasteiger charge is 2.17. The maximum absolute atomic E-state index is 11.5. The van der Waals surface area contributed by atoms with E-state index in [1.165, 1.54) is 12.8 Å². The van der Waals surface area contributed by atoms with Gasteiger partial charge < -0.3 is 9.52 Å². The van der Waals surface area contributed by atoms with Crippen LogP contribution in [-0.2, 0) is 0 Å². The molecule has 0 spiro atoms. The van der Waals surface area contributed by atoms with Gasteiger partial charge in [0.05, 0.1) is 5.56 Å². The summed E-state index contributed by atoms with van der Waals surface area (Å²) < 4.78 is 5.27. The molecule has 0 radical (unpaired) electrons. The molecule has 1 N–H and O–H groups in total. The van der Waals surface area contributed by atoms with Gasteiger partial charge in [0, 0.05) is 12.0 Å². The van der Waals surface area contributed by atoms with E-state index in [4.69, 9.17) is 4.42 Å². The Morgan fingerprint density at radius 2 is 1.84 bits per heavy atom. The molecular formula is C16H26O3. The van der Waals surface area contributed by atoms with Gasteiger partial charge in [0.15, 0.2) is 0 Å². The molecule has 108 valence electrons. The quantitative estimate of drug-likeness (QED) is 0.838. The van der Waals surface area contributed by atoms with E-state index in [1.807, 2.05) is 6.92 Å². The molecule has 0 aliphatic heterocycles. The monoisotopic (exact) mass is 266 g/mol. The number of hydrogen-bond acceptors (Lipinski definition) is 3. The predicted molar refractivity (Wildman–Crippen MR) is 77.6 cm³/mol. The van der Waals surface area contributed by atoms with Crippen molar-refractivity contribution in [2.45, 2.75) is 59.8 Å². The van der Waals surface area contributed by atoms with Crippen molar-refractivity contribution in [1.29, 1.82) is 0 Å². The van der Waals surface area contributed by atoms with E-state index in [-0.39, 0.29) is 17.2 Å². The minimum absolute atomic E-state index is 0.0349. The molecule has 0 amide bonds. The summed E-state index contributed by atoms with van der Waals surface area (Å²) in [7, 11) is 0. The minimum atomic E-state index is -0.434. The largest absolute Gasteiger partial charge is 0.507 e. The number of hydrogen-bond donors (Lipinski definition) is 1. The molecule has 1 aromatic heterocycles. The summed E-state index contributed by atoms with van der Waals surface area (Å²) in [6.45, 7) is 10.3. The molecule has 0 aliphatic rings. The fraction of sp³-hybridized carbons (Fsp3) is 0.688. The lowest BCUT2D eigenvalue weighted by atomic mass is 9.87. The van der Waals surface area contributed by atoms with E-state index in [0.29, 0.717) is 11.7 Å². The Morgan fingerprint density at radius 3 is 2.37 bits per heavy atom. The van der Waals surface area contributed by atoms with E-state index >= 15 is 0 Å². The molecule has 0 bridgehead atoms. The van der Waals surface area contributed by atoms with Crippen LogP contribution in [0.1, 0.15) is 64.2 Å². The standard InChI is InChI=1S/C16H26O3/c1-6-10(2)7-11(3)8-12(4)15-9-14(17)13(5)16(18)19-15/h9-12,17H,6-8H2,1-5H3. The Kier molecular flexibility index (Phi) is 5.64. The van der Waals surface area contributed by atoms with Gasteiger partial charge in [-0.2, -0.15) is 0 Å². The lowest BCUT2D eigenvalue weighted by Crippen LogP contribution is -2.10. The van der Waals surface area contributed by atoms with Gasteiger partial charge in [-0.15, -0.1) is 0 Å². The van der Waals surface area contributed by atoms with Crippen LogP contribution in [0, 0.1) is 18.8 Å². The summed E-state index contributed by atoms with van der Waals surface area (Å²) in [6.07, 6.45) is 3.35. The van der Waals surface area contributed by atoms with E-state index < -0.39 is 5.63 Å². The lowest BCUT2D eigenvalue weighted by Gasteiger charge is -2.19. The molecule has 0 aliphatic carbocycles. The molecular weight excluding hydrogens is 240 g/mol. The third-order valence-corrected chi connectivity index (χ3v) is 3.92. The molecule has 3 unspecified atom stereocenters. The molecule has 19 heavy (non-hydrogen) atoms. The summed E-state index contributed by atoms with van der Waals surface area (Å²) in [5.74, 6) is 2.08. The van der Waals surface area contributed by atoms with Gasteiger partial charge in [-0.3, -0.25) is 0 Å². The van der Waals surface area contributed by atoms with Crippen LogP contribution in [0.25, 0.3) is 0 Å². The fourth-order valence-electron chi connectivity index (χ4n) is 2.47. The average Bonchev–Trinajstić information content (AvgIpc) is 2.34. The number of rotatable bonds is 6. The van der Waals surface area contributed by atoms with Crippen molar-refractivity contribution in [3.8, 4) is 5.75 Å². The van der Waals surface area contributed by atoms with Crippen LogP contribution >= 0.6 is 0 Å². The first kappa shape index (κ1) is 15.8. The minimum Gasteiger partial charge on any atom is -0.507 e. The zero-order valence-corrected chi connectivity index (χ0v) is 12.7. The van der Waals surface area contributed by atoms with E-state index in [2.05, 4.69) is 20.8 Å². The molecule has 0 saturated heterocycles. The third-order valence-electron chi connectivity index (χ3n) is 3.92. The lowest BCUT2D eigenvalue weighted by molar-refractivity contribution is 0.336. The zero-order valence-electron chi connectivity index (χ0n) is 12.7. The Labute approximate surface area is 115 Å². The summed E-state index contributed by atoms with van der Waals surface area (Å²) >= 11 is 0. The van der Waals surface area contributed by atoms with Crippen molar-refractivity contribution < 1.29 is 9.52 Å². The molecule has 1 rings (SSSR count). The molecule has 3 atom stereocenters. The second kappa shape index (κ2) is 6.78. The van der Waals surface area contributed by atoms with Crippen molar-refractivity contribution in [2.24, 2.45) is 11.8 Å². The maximum Gasteiger partial charge on any atom is 0.342 e. The normalized spacial score (nSPS) is 16.1. The van der Waals surface area contributed by atoms with Crippen LogP contribution in [0.15, 0.2) is 15.3 Å². The van der Waals surface area contributed by atoms with Crippen molar-refractivity contribution in [1.82, 2.24) is 0 Å². The van der Waals surface area contributed by atoms with Gasteiger partial charge in [0.1, 0.15) is 11.5 Å². The SMILES string of the molecule is CCC(C)CC(C)CC(C)c1cc(O)c(C)c(=O)o1. The first-order chi connectivity index (χ1) is 8.85. The fourth-order valence-corrected chi connectivity index (χ4v) is 2.47. The topological polar surface area (TPSA) is 50.4 Å². The van der Waals surface area contributed by atoms with Gasteiger partial charge in [-0.25, -0.2) is 4.79 Å². The van der Waals surface area contributed by atoms with Gasteiger partial charge in [-0.05, 0) is 31.6 Å². The predicted octanol–water partition coefficient (Wildman–Crippen LogP) is 4.22.